The van der Waals surface area contributed by atoms with Crippen LogP contribution in [0.25, 0.3) is 11.3 Å². The van der Waals surface area contributed by atoms with Gasteiger partial charge < -0.3 is 4.42 Å². The molecule has 0 amide bonds. The first-order valence-corrected chi connectivity index (χ1v) is 8.59. The topological polar surface area (TPSA) is 26.0 Å². The highest BCUT2D eigenvalue weighted by atomic mass is 28.3. The molecule has 0 saturated heterocycles. The van der Waals surface area contributed by atoms with Crippen molar-refractivity contribution in [1.29, 1.82) is 0 Å². The molecule has 0 aliphatic rings. The second kappa shape index (κ2) is 3.66. The van der Waals surface area contributed by atoms with Gasteiger partial charge in [0.1, 0.15) is 8.07 Å². The maximum Gasteiger partial charge on any atom is 0.166 e. The van der Waals surface area contributed by atoms with Crippen molar-refractivity contribution >= 4 is 13.6 Å². The Kier molecular flexibility index (Phi) is 2.48. The molecule has 0 unspecified atom stereocenters. The lowest BCUT2D eigenvalue weighted by atomic mass is 10.2. The predicted octanol–water partition coefficient (Wildman–Crippen LogP) is 2.89. The Hall–Kier alpha value is -1.35. The highest BCUT2D eigenvalue weighted by Crippen LogP contribution is 2.17. The molecule has 78 valence electrons. The SMILES string of the molecule is C[Si](C)(C)c1ncc(-c2ccccc2)o1. The van der Waals surface area contributed by atoms with Gasteiger partial charge in [0.15, 0.2) is 11.3 Å². The van der Waals surface area contributed by atoms with Crippen LogP contribution in [0.5, 0.6) is 0 Å². The second-order valence-electron chi connectivity index (χ2n) is 4.65. The monoisotopic (exact) mass is 217 g/mol. The minimum atomic E-state index is -1.42. The molecule has 0 radical (unpaired) electrons. The number of benzene rings is 1. The van der Waals surface area contributed by atoms with Gasteiger partial charge in [-0.2, -0.15) is 0 Å². The molecule has 0 fully saturated rings. The first kappa shape index (κ1) is 10.2. The molecule has 0 bridgehead atoms. The zero-order valence-electron chi connectivity index (χ0n) is 9.32. The van der Waals surface area contributed by atoms with Gasteiger partial charge in [-0.15, -0.1) is 0 Å². The summed E-state index contributed by atoms with van der Waals surface area (Å²) in [5, 5.41) is 0. The van der Waals surface area contributed by atoms with Gasteiger partial charge in [-0.3, -0.25) is 0 Å². The maximum atomic E-state index is 5.78. The van der Waals surface area contributed by atoms with Crippen LogP contribution >= 0.6 is 0 Å². The highest BCUT2D eigenvalue weighted by Gasteiger charge is 2.23. The van der Waals surface area contributed by atoms with Gasteiger partial charge in [0, 0.05) is 5.56 Å². The molecule has 0 N–H and O–H groups in total. The van der Waals surface area contributed by atoms with Gasteiger partial charge in [-0.05, 0) is 0 Å². The number of oxazole rings is 1. The molecule has 1 heterocycles. The van der Waals surface area contributed by atoms with Crippen LogP contribution < -0.4 is 5.51 Å². The zero-order chi connectivity index (χ0) is 10.9. The van der Waals surface area contributed by atoms with Crippen molar-refractivity contribution in [2.75, 3.05) is 0 Å². The van der Waals surface area contributed by atoms with E-state index in [0.29, 0.717) is 0 Å². The molecule has 0 saturated carbocycles. The van der Waals surface area contributed by atoms with Crippen LogP contribution in [0.4, 0.5) is 0 Å². The molecule has 0 aliphatic carbocycles. The summed E-state index contributed by atoms with van der Waals surface area (Å²) < 4.78 is 5.78. The molecule has 3 heteroatoms. The molecule has 0 atom stereocenters. The third-order valence-electron chi connectivity index (χ3n) is 2.21. The third kappa shape index (κ3) is 2.18. The standard InChI is InChI=1S/C12H15NOSi/c1-15(2,3)12-13-9-11(14-12)10-7-5-4-6-8-10/h4-9H,1-3H3. The minimum absolute atomic E-state index is 0.869. The Morgan fingerprint density at radius 3 is 2.27 bits per heavy atom. The van der Waals surface area contributed by atoms with Crippen LogP contribution in [-0.4, -0.2) is 13.1 Å². The molecular formula is C12H15NOSi. The van der Waals surface area contributed by atoms with E-state index in [1.54, 1.807) is 0 Å². The van der Waals surface area contributed by atoms with E-state index in [2.05, 4.69) is 24.6 Å². The summed E-state index contributed by atoms with van der Waals surface area (Å²) in [7, 11) is -1.42. The van der Waals surface area contributed by atoms with E-state index in [1.807, 2.05) is 36.5 Å². The molecule has 2 nitrogen and oxygen atoms in total. The Morgan fingerprint density at radius 2 is 1.73 bits per heavy atom. The summed E-state index contributed by atoms with van der Waals surface area (Å²) in [6, 6.07) is 10.1. The van der Waals surface area contributed by atoms with Gasteiger partial charge in [-0.25, -0.2) is 4.98 Å². The summed E-state index contributed by atoms with van der Waals surface area (Å²) >= 11 is 0. The summed E-state index contributed by atoms with van der Waals surface area (Å²) in [5.74, 6) is 0.869. The molecule has 1 aromatic carbocycles. The number of aromatic nitrogens is 1. The van der Waals surface area contributed by atoms with E-state index in [-0.39, 0.29) is 0 Å². The molecule has 15 heavy (non-hydrogen) atoms. The summed E-state index contributed by atoms with van der Waals surface area (Å²) in [5.41, 5.74) is 2.01. The average molecular weight is 217 g/mol. The molecular weight excluding hydrogens is 202 g/mol. The summed E-state index contributed by atoms with van der Waals surface area (Å²) in [6.07, 6.45) is 1.82. The van der Waals surface area contributed by atoms with Crippen molar-refractivity contribution in [2.45, 2.75) is 19.6 Å². The fraction of sp³-hybridized carbons (Fsp3) is 0.250. The molecule has 0 aliphatic heterocycles. The average Bonchev–Trinajstić information content (AvgIpc) is 2.67. The Morgan fingerprint density at radius 1 is 1.07 bits per heavy atom. The molecule has 1 aromatic heterocycles. The van der Waals surface area contributed by atoms with Crippen LogP contribution in [-0.2, 0) is 0 Å². The molecule has 0 spiro atoms. The quantitative estimate of drug-likeness (QED) is 0.723. The van der Waals surface area contributed by atoms with Crippen molar-refractivity contribution in [3.8, 4) is 11.3 Å². The first-order chi connectivity index (χ1) is 7.07. The zero-order valence-corrected chi connectivity index (χ0v) is 10.3. The van der Waals surface area contributed by atoms with Gasteiger partial charge >= 0.3 is 0 Å². The van der Waals surface area contributed by atoms with Crippen LogP contribution in [0, 0.1) is 0 Å². The van der Waals surface area contributed by atoms with E-state index in [4.69, 9.17) is 4.42 Å². The first-order valence-electron chi connectivity index (χ1n) is 5.09. The van der Waals surface area contributed by atoms with E-state index in [0.717, 1.165) is 16.8 Å². The number of hydrogen-bond donors (Lipinski definition) is 0. The van der Waals surface area contributed by atoms with Crippen LogP contribution in [0.2, 0.25) is 19.6 Å². The van der Waals surface area contributed by atoms with E-state index >= 15 is 0 Å². The van der Waals surface area contributed by atoms with E-state index < -0.39 is 8.07 Å². The van der Waals surface area contributed by atoms with Crippen molar-refractivity contribution in [2.24, 2.45) is 0 Å². The Labute approximate surface area is 91.0 Å². The Balaban J connectivity index is 2.37. The normalized spacial score (nSPS) is 11.7. The fourth-order valence-corrected chi connectivity index (χ4v) is 2.22. The van der Waals surface area contributed by atoms with Crippen molar-refractivity contribution in [3.63, 3.8) is 0 Å². The highest BCUT2D eigenvalue weighted by molar-refractivity contribution is 6.87. The van der Waals surface area contributed by atoms with Crippen LogP contribution in [0.3, 0.4) is 0 Å². The lowest BCUT2D eigenvalue weighted by Gasteiger charge is -2.09. The van der Waals surface area contributed by atoms with Crippen molar-refractivity contribution < 1.29 is 4.42 Å². The van der Waals surface area contributed by atoms with Crippen molar-refractivity contribution in [3.05, 3.63) is 36.5 Å². The van der Waals surface area contributed by atoms with Gasteiger partial charge in [0.2, 0.25) is 0 Å². The summed E-state index contributed by atoms with van der Waals surface area (Å²) in [4.78, 5) is 4.36. The van der Waals surface area contributed by atoms with Crippen molar-refractivity contribution in [1.82, 2.24) is 4.98 Å². The largest absolute Gasteiger partial charge is 0.446 e. The van der Waals surface area contributed by atoms with Gasteiger partial charge in [-0.1, -0.05) is 50.0 Å². The lowest BCUT2D eigenvalue weighted by Crippen LogP contribution is -2.38. The van der Waals surface area contributed by atoms with Crippen LogP contribution in [0.1, 0.15) is 0 Å². The fourth-order valence-electron chi connectivity index (χ4n) is 1.36. The number of rotatable bonds is 2. The van der Waals surface area contributed by atoms with Crippen LogP contribution in [0.15, 0.2) is 40.9 Å². The maximum absolute atomic E-state index is 5.78. The molecule has 2 aromatic rings. The van der Waals surface area contributed by atoms with E-state index in [1.165, 1.54) is 0 Å². The minimum Gasteiger partial charge on any atom is -0.446 e. The third-order valence-corrected chi connectivity index (χ3v) is 3.72. The van der Waals surface area contributed by atoms with Gasteiger partial charge in [0.25, 0.3) is 0 Å². The number of hydrogen-bond acceptors (Lipinski definition) is 2. The Bertz CT molecular complexity index is 442. The second-order valence-corrected chi connectivity index (χ2v) is 9.57. The lowest BCUT2D eigenvalue weighted by molar-refractivity contribution is 0.606. The smallest absolute Gasteiger partial charge is 0.166 e. The van der Waals surface area contributed by atoms with E-state index in [9.17, 15) is 0 Å². The van der Waals surface area contributed by atoms with Gasteiger partial charge in [0.05, 0.1) is 6.20 Å². The summed E-state index contributed by atoms with van der Waals surface area (Å²) in [6.45, 7) is 6.69. The molecule has 2 rings (SSSR count). The number of nitrogens with zero attached hydrogens (tertiary/aromatic N) is 1. The predicted molar refractivity (Wildman–Crippen MR) is 64.9 cm³/mol.